The van der Waals surface area contributed by atoms with Crippen LogP contribution in [0.5, 0.6) is 0 Å². The number of nitrogens with one attached hydrogen (secondary N) is 2. The Morgan fingerprint density at radius 3 is 3.00 bits per heavy atom. The quantitative estimate of drug-likeness (QED) is 0.851. The van der Waals surface area contributed by atoms with Crippen molar-refractivity contribution in [2.75, 3.05) is 13.6 Å². The Bertz CT molecular complexity index is 364. The van der Waals surface area contributed by atoms with Crippen LogP contribution in [-0.2, 0) is 0 Å². The van der Waals surface area contributed by atoms with Gasteiger partial charge in [-0.3, -0.25) is 0 Å². The normalized spacial score (nSPS) is 22.3. The van der Waals surface area contributed by atoms with Gasteiger partial charge in [0.05, 0.1) is 6.04 Å². The summed E-state index contributed by atoms with van der Waals surface area (Å²) in [6.45, 7) is 1.00. The zero-order chi connectivity index (χ0) is 11.5. The molecule has 2 atom stereocenters. The monoisotopic (exact) mass is 242 g/mol. The van der Waals surface area contributed by atoms with E-state index in [4.69, 9.17) is 11.6 Å². The minimum absolute atomic E-state index is 0.0128. The second-order valence-corrected chi connectivity index (χ2v) is 4.57. The molecule has 0 saturated carbocycles. The maximum atomic E-state index is 13.7. The van der Waals surface area contributed by atoms with Crippen molar-refractivity contribution >= 4 is 11.6 Å². The molecule has 88 valence electrons. The minimum atomic E-state index is -0.197. The van der Waals surface area contributed by atoms with Gasteiger partial charge < -0.3 is 10.6 Å². The highest BCUT2D eigenvalue weighted by Crippen LogP contribution is 2.27. The van der Waals surface area contributed by atoms with E-state index in [2.05, 4.69) is 10.6 Å². The fraction of sp³-hybridized carbons (Fsp3) is 0.500. The second kappa shape index (κ2) is 5.13. The lowest BCUT2D eigenvalue weighted by molar-refractivity contribution is 0.424. The molecule has 1 fully saturated rings. The van der Waals surface area contributed by atoms with Crippen molar-refractivity contribution in [1.82, 2.24) is 10.6 Å². The van der Waals surface area contributed by atoms with E-state index < -0.39 is 0 Å². The molecule has 1 aliphatic rings. The Labute approximate surface area is 100 Å². The van der Waals surface area contributed by atoms with E-state index in [-0.39, 0.29) is 17.9 Å². The van der Waals surface area contributed by atoms with Gasteiger partial charge in [-0.2, -0.15) is 0 Å². The predicted molar refractivity (Wildman–Crippen MR) is 64.2 cm³/mol. The first-order chi connectivity index (χ1) is 7.72. The number of hydrogen-bond acceptors (Lipinski definition) is 2. The SMILES string of the molecule is CNC(c1cc(Cl)ccc1F)C1CCCN1. The van der Waals surface area contributed by atoms with Crippen LogP contribution >= 0.6 is 11.6 Å². The zero-order valence-electron chi connectivity index (χ0n) is 9.26. The molecule has 16 heavy (non-hydrogen) atoms. The fourth-order valence-corrected chi connectivity index (χ4v) is 2.50. The van der Waals surface area contributed by atoms with Crippen LogP contribution in [0.25, 0.3) is 0 Å². The van der Waals surface area contributed by atoms with Crippen molar-refractivity contribution in [2.24, 2.45) is 0 Å². The topological polar surface area (TPSA) is 24.1 Å². The van der Waals surface area contributed by atoms with E-state index in [9.17, 15) is 4.39 Å². The van der Waals surface area contributed by atoms with Crippen LogP contribution in [-0.4, -0.2) is 19.6 Å². The highest BCUT2D eigenvalue weighted by Gasteiger charge is 2.26. The van der Waals surface area contributed by atoms with Gasteiger partial charge in [-0.25, -0.2) is 4.39 Å². The first-order valence-electron chi connectivity index (χ1n) is 5.58. The number of rotatable bonds is 3. The van der Waals surface area contributed by atoms with Crippen LogP contribution in [0.2, 0.25) is 5.02 Å². The molecular formula is C12H16ClFN2. The average molecular weight is 243 g/mol. The summed E-state index contributed by atoms with van der Waals surface area (Å²) in [5, 5.41) is 7.13. The number of hydrogen-bond donors (Lipinski definition) is 2. The summed E-state index contributed by atoms with van der Waals surface area (Å²) in [6.07, 6.45) is 2.21. The maximum Gasteiger partial charge on any atom is 0.128 e. The van der Waals surface area contributed by atoms with Gasteiger partial charge in [0.1, 0.15) is 5.82 Å². The molecule has 1 saturated heterocycles. The van der Waals surface area contributed by atoms with E-state index in [1.54, 1.807) is 12.1 Å². The second-order valence-electron chi connectivity index (χ2n) is 4.14. The molecule has 2 N–H and O–H groups in total. The first kappa shape index (κ1) is 11.8. The lowest BCUT2D eigenvalue weighted by atomic mass is 9.98. The van der Waals surface area contributed by atoms with Gasteiger partial charge in [0.25, 0.3) is 0 Å². The van der Waals surface area contributed by atoms with Gasteiger partial charge >= 0.3 is 0 Å². The Kier molecular flexibility index (Phi) is 3.79. The molecule has 0 amide bonds. The third kappa shape index (κ3) is 2.37. The lowest BCUT2D eigenvalue weighted by Crippen LogP contribution is -2.36. The van der Waals surface area contributed by atoms with Crippen molar-refractivity contribution in [1.29, 1.82) is 0 Å². The van der Waals surface area contributed by atoms with Gasteiger partial charge in [-0.1, -0.05) is 11.6 Å². The third-order valence-electron chi connectivity index (χ3n) is 3.10. The molecule has 1 aromatic carbocycles. The average Bonchev–Trinajstić information content (AvgIpc) is 2.78. The third-order valence-corrected chi connectivity index (χ3v) is 3.34. The summed E-state index contributed by atoms with van der Waals surface area (Å²) in [6, 6.07) is 4.99. The van der Waals surface area contributed by atoms with Crippen molar-refractivity contribution in [3.05, 3.63) is 34.6 Å². The number of benzene rings is 1. The van der Waals surface area contributed by atoms with E-state index in [1.165, 1.54) is 6.07 Å². The minimum Gasteiger partial charge on any atom is -0.312 e. The van der Waals surface area contributed by atoms with E-state index in [1.807, 2.05) is 7.05 Å². The first-order valence-corrected chi connectivity index (χ1v) is 5.96. The summed E-state index contributed by atoms with van der Waals surface area (Å²) in [5.74, 6) is -0.197. The molecule has 2 unspecified atom stereocenters. The van der Waals surface area contributed by atoms with Crippen LogP contribution in [0, 0.1) is 5.82 Å². The molecule has 1 aromatic rings. The number of likely N-dealkylation sites (N-methyl/N-ethyl adjacent to an activating group) is 1. The Balaban J connectivity index is 2.28. The maximum absolute atomic E-state index is 13.7. The van der Waals surface area contributed by atoms with E-state index in [0.29, 0.717) is 10.6 Å². The van der Waals surface area contributed by atoms with Crippen LogP contribution in [0.3, 0.4) is 0 Å². The molecule has 0 spiro atoms. The van der Waals surface area contributed by atoms with Gasteiger partial charge in [0.15, 0.2) is 0 Å². The Morgan fingerprint density at radius 2 is 2.38 bits per heavy atom. The zero-order valence-corrected chi connectivity index (χ0v) is 10.0. The summed E-state index contributed by atoms with van der Waals surface area (Å²) in [7, 11) is 1.85. The molecule has 0 bridgehead atoms. The smallest absolute Gasteiger partial charge is 0.128 e. The summed E-state index contributed by atoms with van der Waals surface area (Å²) >= 11 is 5.91. The Morgan fingerprint density at radius 1 is 1.56 bits per heavy atom. The highest BCUT2D eigenvalue weighted by molar-refractivity contribution is 6.30. The van der Waals surface area contributed by atoms with Gasteiger partial charge in [-0.15, -0.1) is 0 Å². The molecule has 2 rings (SSSR count). The largest absolute Gasteiger partial charge is 0.312 e. The van der Waals surface area contributed by atoms with Crippen molar-refractivity contribution < 1.29 is 4.39 Å². The van der Waals surface area contributed by atoms with Crippen molar-refractivity contribution in [2.45, 2.75) is 24.9 Å². The molecule has 0 aromatic heterocycles. The Hall–Kier alpha value is -0.640. The standard InChI is InChI=1S/C12H16ClFN2/c1-15-12(11-3-2-6-16-11)9-7-8(13)4-5-10(9)14/h4-5,7,11-12,15-16H,2-3,6H2,1H3. The van der Waals surface area contributed by atoms with Crippen molar-refractivity contribution in [3.8, 4) is 0 Å². The molecule has 0 aliphatic carbocycles. The van der Waals surface area contributed by atoms with Crippen LogP contribution in [0.15, 0.2) is 18.2 Å². The summed E-state index contributed by atoms with van der Waals surface area (Å²) < 4.78 is 13.7. The van der Waals surface area contributed by atoms with Crippen LogP contribution < -0.4 is 10.6 Å². The molecule has 1 heterocycles. The van der Waals surface area contributed by atoms with Gasteiger partial charge in [0.2, 0.25) is 0 Å². The van der Waals surface area contributed by atoms with E-state index in [0.717, 1.165) is 19.4 Å². The van der Waals surface area contributed by atoms with Crippen LogP contribution in [0.1, 0.15) is 24.4 Å². The summed E-state index contributed by atoms with van der Waals surface area (Å²) in [4.78, 5) is 0. The van der Waals surface area contributed by atoms with Crippen molar-refractivity contribution in [3.63, 3.8) is 0 Å². The highest BCUT2D eigenvalue weighted by atomic mass is 35.5. The molecular weight excluding hydrogens is 227 g/mol. The van der Waals surface area contributed by atoms with Crippen LogP contribution in [0.4, 0.5) is 4.39 Å². The molecule has 1 aliphatic heterocycles. The van der Waals surface area contributed by atoms with Gasteiger partial charge in [-0.05, 0) is 44.6 Å². The molecule has 0 radical (unpaired) electrons. The summed E-state index contributed by atoms with van der Waals surface area (Å²) in [5.41, 5.74) is 0.648. The molecule has 4 heteroatoms. The number of halogens is 2. The lowest BCUT2D eigenvalue weighted by Gasteiger charge is -2.24. The predicted octanol–water partition coefficient (Wildman–Crippen LogP) is 2.49. The fourth-order valence-electron chi connectivity index (χ4n) is 2.32. The van der Waals surface area contributed by atoms with Gasteiger partial charge in [0, 0.05) is 16.6 Å². The molecule has 2 nitrogen and oxygen atoms in total. The van der Waals surface area contributed by atoms with E-state index >= 15 is 0 Å².